The molecule has 0 aliphatic rings. The molecule has 0 saturated carbocycles. The van der Waals surface area contributed by atoms with Gasteiger partial charge in [0.1, 0.15) is 0 Å². The summed E-state index contributed by atoms with van der Waals surface area (Å²) in [6.45, 7) is 1.94. The molecule has 0 aromatic carbocycles. The van der Waals surface area contributed by atoms with Crippen molar-refractivity contribution in [3.05, 3.63) is 0 Å². The average molecular weight is 190 g/mol. The van der Waals surface area contributed by atoms with Gasteiger partial charge in [0.2, 0.25) is 0 Å². The molecule has 0 heterocycles. The topological polar surface area (TPSA) is 64.3 Å². The van der Waals surface area contributed by atoms with Gasteiger partial charge in [-0.3, -0.25) is 0 Å². The van der Waals surface area contributed by atoms with E-state index in [1.54, 1.807) is 0 Å². The molecular weight excluding hydrogens is 176 g/mol. The van der Waals surface area contributed by atoms with Gasteiger partial charge >= 0.3 is 6.09 Å². The quantitative estimate of drug-likeness (QED) is 0.643. The molecule has 70 valence electrons. The second-order valence-electron chi connectivity index (χ2n) is 2.41. The number of hydrogen-bond acceptors (Lipinski definition) is 3. The number of rotatable bonds is 4. The lowest BCUT2D eigenvalue weighted by atomic mass is 10.1. The third-order valence-corrected chi connectivity index (χ3v) is 1.61. The van der Waals surface area contributed by atoms with Crippen LogP contribution in [0.4, 0.5) is 4.79 Å². The van der Waals surface area contributed by atoms with Crippen molar-refractivity contribution in [2.24, 2.45) is 5.73 Å². The van der Waals surface area contributed by atoms with Crippen molar-refractivity contribution in [2.45, 2.75) is 25.8 Å². The van der Waals surface area contributed by atoms with Gasteiger partial charge in [-0.1, -0.05) is 19.1 Å². The Bertz CT molecular complexity index is 173. The van der Waals surface area contributed by atoms with Gasteiger partial charge in [0.25, 0.3) is 0 Å². The Morgan fingerprint density at radius 3 is 2.67 bits per heavy atom. The first kappa shape index (κ1) is 11.2. The van der Waals surface area contributed by atoms with Gasteiger partial charge in [0.15, 0.2) is 0 Å². The summed E-state index contributed by atoms with van der Waals surface area (Å²) in [6, 6.07) is -0.0186. The highest BCUT2D eigenvalue weighted by Crippen LogP contribution is 1.97. The lowest BCUT2D eigenvalue weighted by molar-refractivity contribution is 0.166. The highest BCUT2D eigenvalue weighted by Gasteiger charge is 2.10. The molecule has 0 aromatic rings. The monoisotopic (exact) mass is 190 g/mol. The summed E-state index contributed by atoms with van der Waals surface area (Å²) in [5.74, 6) is 0. The highest BCUT2D eigenvalue weighted by molar-refractivity contribution is 7.80. The third-order valence-electron chi connectivity index (χ3n) is 1.45. The molecule has 0 radical (unpaired) electrons. The molecule has 0 saturated heterocycles. The molecule has 1 unspecified atom stereocenters. The Kier molecular flexibility index (Phi) is 5.36. The Morgan fingerprint density at radius 2 is 2.33 bits per heavy atom. The van der Waals surface area contributed by atoms with E-state index >= 15 is 0 Å². The number of carbonyl (C=O) groups is 1. The number of thiocarbonyl (C=S) groups is 1. The summed E-state index contributed by atoms with van der Waals surface area (Å²) in [4.78, 5) is 11.1. The number of carbonyl (C=O) groups excluding carboxylic acids is 1. The van der Waals surface area contributed by atoms with Gasteiger partial charge in [-0.25, -0.2) is 4.79 Å². The van der Waals surface area contributed by atoms with Crippen LogP contribution < -0.4 is 11.1 Å². The Balaban J connectivity index is 3.82. The highest BCUT2D eigenvalue weighted by atomic mass is 32.1. The normalized spacial score (nSPS) is 11.8. The maximum Gasteiger partial charge on any atom is 0.407 e. The summed E-state index contributed by atoms with van der Waals surface area (Å²) in [6.07, 6.45) is 0.853. The van der Waals surface area contributed by atoms with Crippen molar-refractivity contribution in [2.75, 3.05) is 7.11 Å². The van der Waals surface area contributed by atoms with E-state index in [-0.39, 0.29) is 6.04 Å². The lowest BCUT2D eigenvalue weighted by Crippen LogP contribution is -2.36. The van der Waals surface area contributed by atoms with Gasteiger partial charge in [-0.2, -0.15) is 0 Å². The maximum atomic E-state index is 10.7. The van der Waals surface area contributed by atoms with Crippen molar-refractivity contribution in [1.82, 2.24) is 5.32 Å². The number of nitrogens with one attached hydrogen (secondary N) is 1. The lowest BCUT2D eigenvalue weighted by Gasteiger charge is -2.14. The van der Waals surface area contributed by atoms with Crippen LogP contribution >= 0.6 is 12.2 Å². The minimum absolute atomic E-state index is 0.0186. The predicted octanol–water partition coefficient (Wildman–Crippen LogP) is 0.797. The summed E-state index contributed by atoms with van der Waals surface area (Å²) >= 11 is 4.71. The van der Waals surface area contributed by atoms with Crippen LogP contribution in [0, 0.1) is 0 Å². The van der Waals surface area contributed by atoms with Gasteiger partial charge in [0.05, 0.1) is 12.1 Å². The van der Waals surface area contributed by atoms with Crippen LogP contribution in [0.1, 0.15) is 19.8 Å². The van der Waals surface area contributed by atoms with E-state index < -0.39 is 6.09 Å². The minimum atomic E-state index is -0.446. The zero-order valence-electron chi connectivity index (χ0n) is 7.29. The fourth-order valence-corrected chi connectivity index (χ4v) is 0.967. The zero-order chi connectivity index (χ0) is 9.56. The van der Waals surface area contributed by atoms with Crippen LogP contribution in [0.15, 0.2) is 0 Å². The van der Waals surface area contributed by atoms with Crippen molar-refractivity contribution in [1.29, 1.82) is 0 Å². The Labute approximate surface area is 77.5 Å². The second-order valence-corrected chi connectivity index (χ2v) is 2.94. The predicted molar refractivity (Wildman–Crippen MR) is 51.0 cm³/mol. The molecule has 0 rings (SSSR count). The minimum Gasteiger partial charge on any atom is -0.453 e. The molecule has 1 atom stereocenters. The van der Waals surface area contributed by atoms with Crippen molar-refractivity contribution in [3.63, 3.8) is 0 Å². The first-order chi connectivity index (χ1) is 5.60. The summed E-state index contributed by atoms with van der Waals surface area (Å²) in [5.41, 5.74) is 5.33. The SMILES string of the molecule is CCC(CC(N)=S)NC(=O)OC. The summed E-state index contributed by atoms with van der Waals surface area (Å²) in [7, 11) is 1.32. The molecule has 0 bridgehead atoms. The number of hydrogen-bond donors (Lipinski definition) is 2. The van der Waals surface area contributed by atoms with E-state index in [0.29, 0.717) is 11.4 Å². The first-order valence-corrected chi connectivity index (χ1v) is 4.13. The standard InChI is InChI=1S/C7H14N2O2S/c1-3-5(4-6(8)12)9-7(10)11-2/h5H,3-4H2,1-2H3,(H2,8,12)(H,9,10). The molecule has 1 amide bonds. The van der Waals surface area contributed by atoms with E-state index in [0.717, 1.165) is 6.42 Å². The molecule has 3 N–H and O–H groups in total. The van der Waals surface area contributed by atoms with Crippen molar-refractivity contribution < 1.29 is 9.53 Å². The molecule has 0 spiro atoms. The van der Waals surface area contributed by atoms with Crippen LogP contribution in [0.25, 0.3) is 0 Å². The largest absolute Gasteiger partial charge is 0.453 e. The fraction of sp³-hybridized carbons (Fsp3) is 0.714. The molecule has 0 aliphatic heterocycles. The van der Waals surface area contributed by atoms with E-state index in [1.807, 2.05) is 6.92 Å². The number of nitrogens with two attached hydrogens (primary N) is 1. The van der Waals surface area contributed by atoms with Gasteiger partial charge in [-0.15, -0.1) is 0 Å². The summed E-state index contributed by atoms with van der Waals surface area (Å²) < 4.78 is 4.43. The molecular formula is C7H14N2O2S. The third kappa shape index (κ3) is 4.90. The molecule has 0 aromatic heterocycles. The maximum absolute atomic E-state index is 10.7. The van der Waals surface area contributed by atoms with E-state index in [4.69, 9.17) is 18.0 Å². The molecule has 0 fully saturated rings. The number of amides is 1. The molecule has 4 nitrogen and oxygen atoms in total. The number of methoxy groups -OCH3 is 1. The van der Waals surface area contributed by atoms with Gasteiger partial charge in [-0.05, 0) is 6.42 Å². The van der Waals surface area contributed by atoms with E-state index in [9.17, 15) is 4.79 Å². The van der Waals surface area contributed by atoms with Gasteiger partial charge in [0, 0.05) is 12.5 Å². The van der Waals surface area contributed by atoms with Crippen molar-refractivity contribution in [3.8, 4) is 0 Å². The van der Waals surface area contributed by atoms with Gasteiger partial charge < -0.3 is 15.8 Å². The number of alkyl carbamates (subject to hydrolysis) is 1. The van der Waals surface area contributed by atoms with Crippen LogP contribution in [-0.4, -0.2) is 24.2 Å². The molecule has 12 heavy (non-hydrogen) atoms. The Hall–Kier alpha value is -0.840. The van der Waals surface area contributed by atoms with Crippen LogP contribution in [0.5, 0.6) is 0 Å². The number of ether oxygens (including phenoxy) is 1. The van der Waals surface area contributed by atoms with Crippen LogP contribution in [-0.2, 0) is 4.74 Å². The molecule has 5 heteroatoms. The first-order valence-electron chi connectivity index (χ1n) is 3.73. The fourth-order valence-electron chi connectivity index (χ4n) is 0.766. The van der Waals surface area contributed by atoms with E-state index in [2.05, 4.69) is 10.1 Å². The van der Waals surface area contributed by atoms with Crippen molar-refractivity contribution >= 4 is 23.3 Å². The average Bonchev–Trinajstić information content (AvgIpc) is 2.02. The summed E-state index contributed by atoms with van der Waals surface area (Å²) in [5, 5.41) is 2.62. The molecule has 0 aliphatic carbocycles. The zero-order valence-corrected chi connectivity index (χ0v) is 8.11. The second kappa shape index (κ2) is 5.77. The van der Waals surface area contributed by atoms with Crippen LogP contribution in [0.2, 0.25) is 0 Å². The van der Waals surface area contributed by atoms with Crippen LogP contribution in [0.3, 0.4) is 0 Å². The smallest absolute Gasteiger partial charge is 0.407 e. The van der Waals surface area contributed by atoms with E-state index in [1.165, 1.54) is 7.11 Å². The Morgan fingerprint density at radius 1 is 1.75 bits per heavy atom.